The van der Waals surface area contributed by atoms with Crippen molar-refractivity contribution in [2.45, 2.75) is 13.3 Å². The van der Waals surface area contributed by atoms with Crippen LogP contribution in [0, 0.1) is 0 Å². The molecule has 1 N–H and O–H groups in total. The van der Waals surface area contributed by atoms with E-state index in [0.717, 1.165) is 10.8 Å². The summed E-state index contributed by atoms with van der Waals surface area (Å²) in [6.45, 7) is 1.52. The van der Waals surface area contributed by atoms with Crippen molar-refractivity contribution in [3.05, 3.63) is 42.0 Å². The van der Waals surface area contributed by atoms with Gasteiger partial charge in [0.05, 0.1) is 0 Å². The van der Waals surface area contributed by atoms with Gasteiger partial charge >= 0.3 is 0 Å². The minimum atomic E-state index is 0.0561. The molecule has 2 nitrogen and oxygen atoms in total. The molecule has 15 heavy (non-hydrogen) atoms. The Kier molecular flexibility index (Phi) is 2.42. The number of ketones is 1. The number of aromatic hydroxyl groups is 1. The van der Waals surface area contributed by atoms with Gasteiger partial charge in [-0.15, -0.1) is 0 Å². The molecule has 0 spiro atoms. The highest BCUT2D eigenvalue weighted by molar-refractivity contribution is 5.87. The number of carbonyl (C=O) groups excluding carboxylic acids is 1. The summed E-state index contributed by atoms with van der Waals surface area (Å²) >= 11 is 0. The Balaban J connectivity index is 2.56. The second-order valence-corrected chi connectivity index (χ2v) is 3.71. The van der Waals surface area contributed by atoms with Gasteiger partial charge in [0.1, 0.15) is 11.5 Å². The van der Waals surface area contributed by atoms with Gasteiger partial charge in [-0.05, 0) is 29.8 Å². The summed E-state index contributed by atoms with van der Waals surface area (Å²) in [5.74, 6) is 0.254. The highest BCUT2D eigenvalue weighted by Gasteiger charge is 2.05. The predicted molar refractivity (Wildman–Crippen MR) is 60.0 cm³/mol. The highest BCUT2D eigenvalue weighted by atomic mass is 16.3. The summed E-state index contributed by atoms with van der Waals surface area (Å²) in [6.07, 6.45) is 0.288. The Hall–Kier alpha value is -1.83. The van der Waals surface area contributed by atoms with Crippen LogP contribution >= 0.6 is 0 Å². The molecule has 0 aliphatic heterocycles. The number of Topliss-reactive ketones (excluding diaryl/α,β-unsaturated/α-hetero) is 1. The van der Waals surface area contributed by atoms with E-state index in [1.54, 1.807) is 6.07 Å². The molecule has 0 radical (unpaired) electrons. The first kappa shape index (κ1) is 9.71. The first-order valence-corrected chi connectivity index (χ1v) is 4.87. The zero-order chi connectivity index (χ0) is 10.8. The van der Waals surface area contributed by atoms with E-state index in [-0.39, 0.29) is 18.0 Å². The van der Waals surface area contributed by atoms with Crippen molar-refractivity contribution >= 4 is 16.6 Å². The summed E-state index contributed by atoms with van der Waals surface area (Å²) in [4.78, 5) is 11.0. The molecule has 0 unspecified atom stereocenters. The SMILES string of the molecule is CC(=O)Cc1cc2ccccc2cc1O. The Morgan fingerprint density at radius 2 is 1.80 bits per heavy atom. The zero-order valence-electron chi connectivity index (χ0n) is 8.53. The number of rotatable bonds is 2. The number of hydrogen-bond acceptors (Lipinski definition) is 2. The number of benzene rings is 2. The molecule has 0 saturated carbocycles. The Morgan fingerprint density at radius 1 is 1.20 bits per heavy atom. The van der Waals surface area contributed by atoms with Gasteiger partial charge in [0, 0.05) is 12.0 Å². The zero-order valence-corrected chi connectivity index (χ0v) is 8.53. The fraction of sp³-hybridized carbons (Fsp3) is 0.154. The first-order valence-electron chi connectivity index (χ1n) is 4.87. The molecule has 0 bridgehead atoms. The van der Waals surface area contributed by atoms with E-state index in [2.05, 4.69) is 0 Å². The third-order valence-corrected chi connectivity index (χ3v) is 2.39. The van der Waals surface area contributed by atoms with E-state index in [1.165, 1.54) is 6.92 Å². The molecule has 0 atom stereocenters. The van der Waals surface area contributed by atoms with Crippen LogP contribution in [0.1, 0.15) is 12.5 Å². The molecular formula is C13H12O2. The summed E-state index contributed by atoms with van der Waals surface area (Å²) in [7, 11) is 0. The van der Waals surface area contributed by atoms with Crippen molar-refractivity contribution in [3.8, 4) is 5.75 Å². The van der Waals surface area contributed by atoms with Gasteiger partial charge in [-0.25, -0.2) is 0 Å². The van der Waals surface area contributed by atoms with Crippen LogP contribution in [0.3, 0.4) is 0 Å². The minimum absolute atomic E-state index is 0.0561. The highest BCUT2D eigenvalue weighted by Crippen LogP contribution is 2.25. The monoisotopic (exact) mass is 200 g/mol. The van der Waals surface area contributed by atoms with Gasteiger partial charge < -0.3 is 5.11 Å². The maximum absolute atomic E-state index is 11.0. The summed E-state index contributed by atoms with van der Waals surface area (Å²) < 4.78 is 0. The lowest BCUT2D eigenvalue weighted by atomic mass is 10.0. The van der Waals surface area contributed by atoms with Crippen LogP contribution in [0.5, 0.6) is 5.75 Å². The summed E-state index contributed by atoms with van der Waals surface area (Å²) in [5.41, 5.74) is 0.696. The Morgan fingerprint density at radius 3 is 2.40 bits per heavy atom. The largest absolute Gasteiger partial charge is 0.508 e. The van der Waals surface area contributed by atoms with E-state index in [1.807, 2.05) is 30.3 Å². The van der Waals surface area contributed by atoms with Crippen molar-refractivity contribution in [3.63, 3.8) is 0 Å². The van der Waals surface area contributed by atoms with Crippen LogP contribution in [-0.4, -0.2) is 10.9 Å². The van der Waals surface area contributed by atoms with Gasteiger partial charge in [-0.3, -0.25) is 4.79 Å². The second kappa shape index (κ2) is 3.73. The van der Waals surface area contributed by atoms with Crippen molar-refractivity contribution < 1.29 is 9.90 Å². The van der Waals surface area contributed by atoms with Crippen LogP contribution < -0.4 is 0 Å². The summed E-state index contributed by atoms with van der Waals surface area (Å²) in [6, 6.07) is 11.3. The molecule has 2 rings (SSSR count). The number of carbonyl (C=O) groups is 1. The Labute approximate surface area is 88.2 Å². The number of phenols is 1. The standard InChI is InChI=1S/C13H12O2/c1-9(14)6-12-7-10-4-2-3-5-11(10)8-13(12)15/h2-5,7-8,15H,6H2,1H3. The normalized spacial score (nSPS) is 10.5. The quantitative estimate of drug-likeness (QED) is 0.809. The topological polar surface area (TPSA) is 37.3 Å². The molecule has 2 aromatic rings. The molecule has 0 amide bonds. The maximum atomic E-state index is 11.0. The van der Waals surface area contributed by atoms with E-state index in [0.29, 0.717) is 5.56 Å². The molecule has 0 aliphatic rings. The fourth-order valence-corrected chi connectivity index (χ4v) is 1.69. The molecule has 76 valence electrons. The lowest BCUT2D eigenvalue weighted by molar-refractivity contribution is -0.116. The third kappa shape index (κ3) is 1.99. The second-order valence-electron chi connectivity index (χ2n) is 3.71. The van der Waals surface area contributed by atoms with Crippen molar-refractivity contribution in [2.24, 2.45) is 0 Å². The predicted octanol–water partition coefficient (Wildman–Crippen LogP) is 2.68. The summed E-state index contributed by atoms with van der Waals surface area (Å²) in [5, 5.41) is 11.7. The third-order valence-electron chi connectivity index (χ3n) is 2.39. The average molecular weight is 200 g/mol. The lowest BCUT2D eigenvalue weighted by Crippen LogP contribution is -1.96. The average Bonchev–Trinajstić information content (AvgIpc) is 2.18. The molecular weight excluding hydrogens is 188 g/mol. The Bertz CT molecular complexity index is 515. The van der Waals surface area contributed by atoms with Crippen molar-refractivity contribution in [2.75, 3.05) is 0 Å². The van der Waals surface area contributed by atoms with E-state index >= 15 is 0 Å². The van der Waals surface area contributed by atoms with Gasteiger partial charge in [-0.2, -0.15) is 0 Å². The molecule has 2 heteroatoms. The number of fused-ring (bicyclic) bond motifs is 1. The molecule has 0 aromatic heterocycles. The fourth-order valence-electron chi connectivity index (χ4n) is 1.69. The van der Waals surface area contributed by atoms with Crippen molar-refractivity contribution in [1.29, 1.82) is 0 Å². The van der Waals surface area contributed by atoms with Crippen LogP contribution in [0.25, 0.3) is 10.8 Å². The molecule has 0 saturated heterocycles. The van der Waals surface area contributed by atoms with E-state index in [4.69, 9.17) is 0 Å². The van der Waals surface area contributed by atoms with Gasteiger partial charge in [0.2, 0.25) is 0 Å². The smallest absolute Gasteiger partial charge is 0.134 e. The molecule has 0 heterocycles. The maximum Gasteiger partial charge on any atom is 0.134 e. The first-order chi connectivity index (χ1) is 7.16. The molecule has 2 aromatic carbocycles. The van der Waals surface area contributed by atoms with Gasteiger partial charge in [0.25, 0.3) is 0 Å². The lowest BCUT2D eigenvalue weighted by Gasteiger charge is -2.05. The molecule has 0 aliphatic carbocycles. The van der Waals surface area contributed by atoms with E-state index in [9.17, 15) is 9.90 Å². The van der Waals surface area contributed by atoms with Crippen LogP contribution in [0.2, 0.25) is 0 Å². The van der Waals surface area contributed by atoms with Crippen LogP contribution in [-0.2, 0) is 11.2 Å². The van der Waals surface area contributed by atoms with Crippen molar-refractivity contribution in [1.82, 2.24) is 0 Å². The number of phenolic OH excluding ortho intramolecular Hbond substituents is 1. The van der Waals surface area contributed by atoms with Crippen LogP contribution in [0.15, 0.2) is 36.4 Å². The van der Waals surface area contributed by atoms with Gasteiger partial charge in [0.15, 0.2) is 0 Å². The van der Waals surface area contributed by atoms with Crippen LogP contribution in [0.4, 0.5) is 0 Å². The van der Waals surface area contributed by atoms with E-state index < -0.39 is 0 Å². The minimum Gasteiger partial charge on any atom is -0.508 e. The number of hydrogen-bond donors (Lipinski definition) is 1. The van der Waals surface area contributed by atoms with Gasteiger partial charge in [-0.1, -0.05) is 24.3 Å². The molecule has 0 fully saturated rings.